The highest BCUT2D eigenvalue weighted by molar-refractivity contribution is 7.92. The summed E-state index contributed by atoms with van der Waals surface area (Å²) in [5.74, 6) is -0.266. The lowest BCUT2D eigenvalue weighted by molar-refractivity contribution is -0.116. The summed E-state index contributed by atoms with van der Waals surface area (Å²) >= 11 is 5.79. The molecule has 0 saturated heterocycles. The molecule has 0 radical (unpaired) electrons. The molecule has 5 nitrogen and oxygen atoms in total. The molecule has 0 saturated carbocycles. The van der Waals surface area contributed by atoms with Crippen molar-refractivity contribution in [2.24, 2.45) is 0 Å². The highest BCUT2D eigenvalue weighted by atomic mass is 35.5. The summed E-state index contributed by atoms with van der Waals surface area (Å²) in [4.78, 5) is 12.0. The third-order valence-corrected chi connectivity index (χ3v) is 4.84. The second-order valence-corrected chi connectivity index (χ2v) is 7.82. The SMILES string of the molecule is Cc1ccc(N(CCC(=O)Nc2ccc(Cl)cc2)S(C)(=O)=O)cc1. The van der Waals surface area contributed by atoms with E-state index in [9.17, 15) is 13.2 Å². The lowest BCUT2D eigenvalue weighted by Gasteiger charge is -2.22. The average Bonchev–Trinajstić information content (AvgIpc) is 2.50. The number of hydrogen-bond acceptors (Lipinski definition) is 3. The van der Waals surface area contributed by atoms with Gasteiger partial charge in [0.25, 0.3) is 0 Å². The number of anilines is 2. The number of rotatable bonds is 6. The first-order valence-electron chi connectivity index (χ1n) is 7.35. The first kappa shape index (κ1) is 18.3. The Hall–Kier alpha value is -2.05. The summed E-state index contributed by atoms with van der Waals surface area (Å²) in [5, 5.41) is 3.30. The van der Waals surface area contributed by atoms with E-state index in [1.165, 1.54) is 4.31 Å². The number of amides is 1. The van der Waals surface area contributed by atoms with E-state index in [2.05, 4.69) is 5.32 Å². The predicted octanol–water partition coefficient (Wildman–Crippen LogP) is 3.44. The van der Waals surface area contributed by atoms with Gasteiger partial charge in [-0.25, -0.2) is 8.42 Å². The van der Waals surface area contributed by atoms with Crippen LogP contribution in [0, 0.1) is 6.92 Å². The average molecular weight is 367 g/mol. The van der Waals surface area contributed by atoms with Crippen molar-refractivity contribution in [2.75, 3.05) is 22.4 Å². The van der Waals surface area contributed by atoms with Gasteiger partial charge >= 0.3 is 0 Å². The zero-order valence-electron chi connectivity index (χ0n) is 13.5. The van der Waals surface area contributed by atoms with Crippen LogP contribution in [0.2, 0.25) is 5.02 Å². The van der Waals surface area contributed by atoms with Gasteiger partial charge in [0.05, 0.1) is 11.9 Å². The van der Waals surface area contributed by atoms with E-state index in [0.717, 1.165) is 11.8 Å². The molecule has 0 bridgehead atoms. The van der Waals surface area contributed by atoms with E-state index in [-0.39, 0.29) is 18.9 Å². The number of nitrogens with zero attached hydrogens (tertiary/aromatic N) is 1. The van der Waals surface area contributed by atoms with Crippen LogP contribution in [0.15, 0.2) is 48.5 Å². The second kappa shape index (κ2) is 7.68. The van der Waals surface area contributed by atoms with E-state index in [1.807, 2.05) is 19.1 Å². The number of nitrogens with one attached hydrogen (secondary N) is 1. The third-order valence-electron chi connectivity index (χ3n) is 3.39. The van der Waals surface area contributed by atoms with Gasteiger partial charge < -0.3 is 5.32 Å². The van der Waals surface area contributed by atoms with Crippen molar-refractivity contribution in [3.8, 4) is 0 Å². The Kier molecular flexibility index (Phi) is 5.85. The van der Waals surface area contributed by atoms with E-state index < -0.39 is 10.0 Å². The van der Waals surface area contributed by atoms with Crippen LogP contribution in [0.3, 0.4) is 0 Å². The van der Waals surface area contributed by atoms with E-state index in [4.69, 9.17) is 11.6 Å². The van der Waals surface area contributed by atoms with Gasteiger partial charge in [0.2, 0.25) is 15.9 Å². The molecule has 128 valence electrons. The molecule has 2 aromatic rings. The molecule has 7 heteroatoms. The van der Waals surface area contributed by atoms with E-state index in [0.29, 0.717) is 16.4 Å². The molecule has 0 aliphatic heterocycles. The van der Waals surface area contributed by atoms with Crippen molar-refractivity contribution < 1.29 is 13.2 Å². The normalized spacial score (nSPS) is 11.1. The molecule has 2 aromatic carbocycles. The summed E-state index contributed by atoms with van der Waals surface area (Å²) in [5.41, 5.74) is 2.20. The van der Waals surface area contributed by atoms with Gasteiger partial charge in [-0.1, -0.05) is 29.3 Å². The fourth-order valence-electron chi connectivity index (χ4n) is 2.16. The standard InChI is InChI=1S/C17H19ClN2O3S/c1-13-3-9-16(10-4-13)20(24(2,22)23)12-11-17(21)19-15-7-5-14(18)6-8-15/h3-10H,11-12H2,1-2H3,(H,19,21). The zero-order chi connectivity index (χ0) is 17.7. The smallest absolute Gasteiger partial charge is 0.232 e. The van der Waals surface area contributed by atoms with Crippen LogP contribution in [0.1, 0.15) is 12.0 Å². The van der Waals surface area contributed by atoms with Crippen LogP contribution >= 0.6 is 11.6 Å². The van der Waals surface area contributed by atoms with Crippen LogP contribution in [0.5, 0.6) is 0 Å². The van der Waals surface area contributed by atoms with Crippen molar-refractivity contribution in [3.05, 3.63) is 59.1 Å². The highest BCUT2D eigenvalue weighted by Crippen LogP contribution is 2.19. The fourth-order valence-corrected chi connectivity index (χ4v) is 3.21. The molecule has 0 heterocycles. The van der Waals surface area contributed by atoms with Gasteiger partial charge in [-0.05, 0) is 43.3 Å². The van der Waals surface area contributed by atoms with Crippen molar-refractivity contribution in [1.29, 1.82) is 0 Å². The summed E-state index contributed by atoms with van der Waals surface area (Å²) in [6.45, 7) is 2.00. The Morgan fingerprint density at radius 3 is 2.21 bits per heavy atom. The van der Waals surface area contributed by atoms with Crippen molar-refractivity contribution >= 4 is 38.9 Å². The van der Waals surface area contributed by atoms with Gasteiger partial charge in [0.15, 0.2) is 0 Å². The maximum atomic E-state index is 12.0. The number of hydrogen-bond donors (Lipinski definition) is 1. The lowest BCUT2D eigenvalue weighted by atomic mass is 10.2. The Morgan fingerprint density at radius 2 is 1.67 bits per heavy atom. The monoisotopic (exact) mass is 366 g/mol. The Labute approximate surface area is 147 Å². The molecule has 0 fully saturated rings. The van der Waals surface area contributed by atoms with Crippen LogP contribution in [0.25, 0.3) is 0 Å². The molecule has 2 rings (SSSR count). The van der Waals surface area contributed by atoms with Crippen molar-refractivity contribution in [3.63, 3.8) is 0 Å². The Morgan fingerprint density at radius 1 is 1.08 bits per heavy atom. The van der Waals surface area contributed by atoms with Gasteiger partial charge in [-0.2, -0.15) is 0 Å². The Balaban J connectivity index is 2.04. The van der Waals surface area contributed by atoms with Crippen LogP contribution < -0.4 is 9.62 Å². The van der Waals surface area contributed by atoms with Crippen LogP contribution in [-0.4, -0.2) is 27.1 Å². The molecular formula is C17H19ClN2O3S. The first-order chi connectivity index (χ1) is 11.3. The second-order valence-electron chi connectivity index (χ2n) is 5.48. The van der Waals surface area contributed by atoms with Crippen molar-refractivity contribution in [1.82, 2.24) is 0 Å². The molecule has 24 heavy (non-hydrogen) atoms. The molecule has 0 aliphatic rings. The van der Waals surface area contributed by atoms with Gasteiger partial charge in [0, 0.05) is 23.7 Å². The number of benzene rings is 2. The molecular weight excluding hydrogens is 348 g/mol. The number of sulfonamides is 1. The Bertz CT molecular complexity index is 803. The molecule has 1 amide bonds. The topological polar surface area (TPSA) is 66.5 Å². The fraction of sp³-hybridized carbons (Fsp3) is 0.235. The molecule has 0 aliphatic carbocycles. The quantitative estimate of drug-likeness (QED) is 0.851. The van der Waals surface area contributed by atoms with Gasteiger partial charge in [0.1, 0.15) is 0 Å². The maximum absolute atomic E-state index is 12.0. The van der Waals surface area contributed by atoms with Crippen LogP contribution in [0.4, 0.5) is 11.4 Å². The first-order valence-corrected chi connectivity index (χ1v) is 9.58. The summed E-state index contributed by atoms with van der Waals surface area (Å²) in [6.07, 6.45) is 1.17. The minimum atomic E-state index is -3.47. The van der Waals surface area contributed by atoms with Gasteiger partial charge in [-0.15, -0.1) is 0 Å². The highest BCUT2D eigenvalue weighted by Gasteiger charge is 2.18. The number of carbonyl (C=O) groups excluding carboxylic acids is 1. The van der Waals surface area contributed by atoms with Crippen LogP contribution in [-0.2, 0) is 14.8 Å². The maximum Gasteiger partial charge on any atom is 0.232 e. The minimum Gasteiger partial charge on any atom is -0.326 e. The van der Waals surface area contributed by atoms with E-state index >= 15 is 0 Å². The molecule has 0 spiro atoms. The molecule has 0 atom stereocenters. The largest absolute Gasteiger partial charge is 0.326 e. The summed E-state index contributed by atoms with van der Waals surface area (Å²) in [6, 6.07) is 13.9. The minimum absolute atomic E-state index is 0.0452. The van der Waals surface area contributed by atoms with E-state index in [1.54, 1.807) is 36.4 Å². The van der Waals surface area contributed by atoms with Gasteiger partial charge in [-0.3, -0.25) is 9.10 Å². The zero-order valence-corrected chi connectivity index (χ0v) is 15.1. The summed E-state index contributed by atoms with van der Waals surface area (Å²) < 4.78 is 25.2. The lowest BCUT2D eigenvalue weighted by Crippen LogP contribution is -2.33. The predicted molar refractivity (Wildman–Crippen MR) is 98.1 cm³/mol. The van der Waals surface area contributed by atoms with Crippen molar-refractivity contribution in [2.45, 2.75) is 13.3 Å². The molecule has 1 N–H and O–H groups in total. The number of carbonyl (C=O) groups is 1. The number of aryl methyl sites for hydroxylation is 1. The number of halogens is 1. The summed E-state index contributed by atoms with van der Waals surface area (Å²) in [7, 11) is -3.47. The third kappa shape index (κ3) is 5.25. The molecule has 0 unspecified atom stereocenters. The molecule has 0 aromatic heterocycles.